The lowest BCUT2D eigenvalue weighted by molar-refractivity contribution is -0.118. The van der Waals surface area contributed by atoms with Crippen LogP contribution in [-0.2, 0) is 4.79 Å². The lowest BCUT2D eigenvalue weighted by Crippen LogP contribution is -2.19. The first-order valence-electron chi connectivity index (χ1n) is 9.03. The largest absolute Gasteiger partial charge is 0.490 e. The first-order valence-corrected chi connectivity index (χ1v) is 10.0. The topological polar surface area (TPSA) is 59.9 Å². The molecule has 0 bridgehead atoms. The Balaban J connectivity index is 1.87. The number of carbonyl (C=O) groups is 1. The second-order valence-electron chi connectivity index (χ2n) is 5.88. The number of aryl methyl sites for hydroxylation is 1. The molecule has 0 aliphatic heterocycles. The predicted octanol–water partition coefficient (Wildman–Crippen LogP) is 4.42. The van der Waals surface area contributed by atoms with Gasteiger partial charge in [-0.05, 0) is 56.2 Å². The van der Waals surface area contributed by atoms with Gasteiger partial charge in [0, 0.05) is 4.90 Å². The molecule has 0 unspecified atom stereocenters. The quantitative estimate of drug-likeness (QED) is 0.373. The molecule has 2 aromatic carbocycles. The van der Waals surface area contributed by atoms with Gasteiger partial charge in [0.2, 0.25) is 5.91 Å². The molecular formula is C21H26N2O3S. The fourth-order valence-electron chi connectivity index (χ4n) is 2.20. The van der Waals surface area contributed by atoms with E-state index in [0.29, 0.717) is 24.7 Å². The number of rotatable bonds is 10. The van der Waals surface area contributed by atoms with Gasteiger partial charge in [-0.25, -0.2) is 5.43 Å². The molecule has 0 aliphatic rings. The van der Waals surface area contributed by atoms with E-state index in [4.69, 9.17) is 9.47 Å². The monoisotopic (exact) mass is 386 g/mol. The molecule has 0 fully saturated rings. The number of amides is 1. The summed E-state index contributed by atoms with van der Waals surface area (Å²) in [6.07, 6.45) is 2.53. The van der Waals surface area contributed by atoms with Gasteiger partial charge in [0.1, 0.15) is 0 Å². The lowest BCUT2D eigenvalue weighted by Gasteiger charge is -2.11. The summed E-state index contributed by atoms with van der Waals surface area (Å²) in [5.41, 5.74) is 4.58. The number of carbonyl (C=O) groups excluding carboxylic acids is 1. The van der Waals surface area contributed by atoms with Gasteiger partial charge >= 0.3 is 0 Å². The summed E-state index contributed by atoms with van der Waals surface area (Å²) in [7, 11) is 0. The van der Waals surface area contributed by atoms with E-state index >= 15 is 0 Å². The van der Waals surface area contributed by atoms with Crippen molar-refractivity contribution in [2.75, 3.05) is 19.0 Å². The summed E-state index contributed by atoms with van der Waals surface area (Å²) in [6, 6.07) is 13.7. The molecular weight excluding hydrogens is 360 g/mol. The average Bonchev–Trinajstić information content (AvgIpc) is 2.67. The molecule has 1 N–H and O–H groups in total. The van der Waals surface area contributed by atoms with Crippen LogP contribution in [0.2, 0.25) is 0 Å². The zero-order valence-corrected chi connectivity index (χ0v) is 16.8. The van der Waals surface area contributed by atoms with Crippen LogP contribution in [0.1, 0.15) is 31.4 Å². The van der Waals surface area contributed by atoms with Crippen LogP contribution in [0, 0.1) is 6.92 Å². The summed E-state index contributed by atoms with van der Waals surface area (Å²) in [6.45, 7) is 7.21. The second kappa shape index (κ2) is 11.3. The van der Waals surface area contributed by atoms with Crippen molar-refractivity contribution < 1.29 is 14.3 Å². The predicted molar refractivity (Wildman–Crippen MR) is 111 cm³/mol. The van der Waals surface area contributed by atoms with Gasteiger partial charge in [0.25, 0.3) is 0 Å². The van der Waals surface area contributed by atoms with Crippen molar-refractivity contribution in [1.29, 1.82) is 0 Å². The highest BCUT2D eigenvalue weighted by atomic mass is 32.2. The molecule has 0 saturated heterocycles. The SMILES string of the molecule is CCCOc1ccc(/C=N\NC(=O)CSc2ccc(C)cc2)cc1OCC. The zero-order chi connectivity index (χ0) is 19.5. The van der Waals surface area contributed by atoms with Crippen LogP contribution in [-0.4, -0.2) is 31.1 Å². The normalized spacial score (nSPS) is 10.8. The summed E-state index contributed by atoms with van der Waals surface area (Å²) in [4.78, 5) is 13.0. The minimum absolute atomic E-state index is 0.148. The minimum atomic E-state index is -0.148. The van der Waals surface area contributed by atoms with E-state index in [0.717, 1.165) is 22.6 Å². The second-order valence-corrected chi connectivity index (χ2v) is 6.93. The molecule has 0 atom stereocenters. The number of hydrogen-bond donors (Lipinski definition) is 1. The zero-order valence-electron chi connectivity index (χ0n) is 16.0. The van der Waals surface area contributed by atoms with E-state index in [1.54, 1.807) is 6.21 Å². The van der Waals surface area contributed by atoms with E-state index < -0.39 is 0 Å². The van der Waals surface area contributed by atoms with E-state index in [9.17, 15) is 4.79 Å². The van der Waals surface area contributed by atoms with Gasteiger partial charge < -0.3 is 9.47 Å². The molecule has 2 rings (SSSR count). The fourth-order valence-corrected chi connectivity index (χ4v) is 2.89. The van der Waals surface area contributed by atoms with Crippen molar-refractivity contribution in [3.63, 3.8) is 0 Å². The molecule has 5 nitrogen and oxygen atoms in total. The van der Waals surface area contributed by atoms with Crippen LogP contribution >= 0.6 is 11.8 Å². The molecule has 6 heteroatoms. The third-order valence-electron chi connectivity index (χ3n) is 3.52. The van der Waals surface area contributed by atoms with Gasteiger partial charge in [-0.15, -0.1) is 11.8 Å². The average molecular weight is 387 g/mol. The van der Waals surface area contributed by atoms with Crippen LogP contribution in [0.25, 0.3) is 0 Å². The molecule has 2 aromatic rings. The number of nitrogens with zero attached hydrogens (tertiary/aromatic N) is 1. The first-order chi connectivity index (χ1) is 13.1. The lowest BCUT2D eigenvalue weighted by atomic mass is 10.2. The van der Waals surface area contributed by atoms with E-state index in [2.05, 4.69) is 17.5 Å². The summed E-state index contributed by atoms with van der Waals surface area (Å²) in [5.74, 6) is 1.56. The number of hydrazone groups is 1. The number of nitrogens with one attached hydrogen (secondary N) is 1. The van der Waals surface area contributed by atoms with Crippen molar-refractivity contribution in [3.05, 3.63) is 53.6 Å². The molecule has 0 heterocycles. The van der Waals surface area contributed by atoms with Gasteiger partial charge in [0.05, 0.1) is 25.2 Å². The minimum Gasteiger partial charge on any atom is -0.490 e. The molecule has 0 aromatic heterocycles. The number of thioether (sulfide) groups is 1. The van der Waals surface area contributed by atoms with Crippen molar-refractivity contribution in [1.82, 2.24) is 5.43 Å². The Morgan fingerprint density at radius 2 is 1.89 bits per heavy atom. The Bertz CT molecular complexity index is 761. The number of ether oxygens (including phenoxy) is 2. The van der Waals surface area contributed by atoms with Crippen molar-refractivity contribution in [2.24, 2.45) is 5.10 Å². The van der Waals surface area contributed by atoms with Gasteiger partial charge in [-0.2, -0.15) is 5.10 Å². The van der Waals surface area contributed by atoms with Gasteiger partial charge in [0.15, 0.2) is 11.5 Å². The van der Waals surface area contributed by atoms with E-state index in [-0.39, 0.29) is 5.91 Å². The maximum atomic E-state index is 11.9. The number of benzene rings is 2. The molecule has 0 radical (unpaired) electrons. The standard InChI is InChI=1S/C21H26N2O3S/c1-4-12-26-19-11-8-17(13-20(19)25-5-2)14-22-23-21(24)15-27-18-9-6-16(3)7-10-18/h6-11,13-14H,4-5,12,15H2,1-3H3,(H,23,24)/b22-14-. The highest BCUT2D eigenvalue weighted by molar-refractivity contribution is 8.00. The molecule has 1 amide bonds. The van der Waals surface area contributed by atoms with Crippen LogP contribution in [0.4, 0.5) is 0 Å². The number of hydrogen-bond acceptors (Lipinski definition) is 5. The Hall–Kier alpha value is -2.47. The third kappa shape index (κ3) is 7.35. The smallest absolute Gasteiger partial charge is 0.250 e. The van der Waals surface area contributed by atoms with Crippen molar-refractivity contribution >= 4 is 23.9 Å². The molecule has 0 spiro atoms. The van der Waals surface area contributed by atoms with Crippen LogP contribution in [0.5, 0.6) is 11.5 Å². The summed E-state index contributed by atoms with van der Waals surface area (Å²) >= 11 is 1.48. The van der Waals surface area contributed by atoms with Crippen molar-refractivity contribution in [2.45, 2.75) is 32.1 Å². The highest BCUT2D eigenvalue weighted by Crippen LogP contribution is 2.28. The van der Waals surface area contributed by atoms with Crippen LogP contribution < -0.4 is 14.9 Å². The summed E-state index contributed by atoms with van der Waals surface area (Å²) < 4.78 is 11.3. The summed E-state index contributed by atoms with van der Waals surface area (Å²) in [5, 5.41) is 4.03. The van der Waals surface area contributed by atoms with Crippen LogP contribution in [0.15, 0.2) is 52.5 Å². The van der Waals surface area contributed by atoms with E-state index in [1.165, 1.54) is 17.3 Å². The molecule has 0 aliphatic carbocycles. The molecule has 27 heavy (non-hydrogen) atoms. The fraction of sp³-hybridized carbons (Fsp3) is 0.333. The molecule has 0 saturated carbocycles. The van der Waals surface area contributed by atoms with Gasteiger partial charge in [-0.1, -0.05) is 24.6 Å². The Morgan fingerprint density at radius 3 is 2.59 bits per heavy atom. The van der Waals surface area contributed by atoms with E-state index in [1.807, 2.05) is 56.3 Å². The highest BCUT2D eigenvalue weighted by Gasteiger charge is 2.06. The third-order valence-corrected chi connectivity index (χ3v) is 4.54. The maximum Gasteiger partial charge on any atom is 0.250 e. The Morgan fingerprint density at radius 1 is 1.11 bits per heavy atom. The van der Waals surface area contributed by atoms with Crippen LogP contribution in [0.3, 0.4) is 0 Å². The maximum absolute atomic E-state index is 11.9. The van der Waals surface area contributed by atoms with Crippen molar-refractivity contribution in [3.8, 4) is 11.5 Å². The van der Waals surface area contributed by atoms with Gasteiger partial charge in [-0.3, -0.25) is 4.79 Å². The molecule has 144 valence electrons. The Kier molecular flexibility index (Phi) is 8.71. The first kappa shape index (κ1) is 20.8. The Labute approximate surface area is 165 Å².